The number of rotatable bonds is 3. The van der Waals surface area contributed by atoms with E-state index in [0.29, 0.717) is 5.95 Å². The number of nitrogens with zero attached hydrogens (tertiary/aromatic N) is 3. The molecule has 0 aliphatic rings. The molecule has 7 heteroatoms. The van der Waals surface area contributed by atoms with Crippen LogP contribution < -0.4 is 11.1 Å². The van der Waals surface area contributed by atoms with Crippen LogP contribution in [0.3, 0.4) is 0 Å². The third kappa shape index (κ3) is 2.42. The molecule has 80 valence electrons. The molecule has 0 saturated carbocycles. The molecule has 2 aromatic rings. The Hall–Kier alpha value is -1.21. The highest BCUT2D eigenvalue weighted by atomic mass is 32.1. The van der Waals surface area contributed by atoms with E-state index in [0.717, 1.165) is 15.8 Å². The number of hydrogen-bond acceptors (Lipinski definition) is 7. The van der Waals surface area contributed by atoms with Gasteiger partial charge in [0.05, 0.1) is 6.04 Å². The van der Waals surface area contributed by atoms with Gasteiger partial charge in [-0.15, -0.1) is 11.3 Å². The minimum absolute atomic E-state index is 0.135. The number of nitrogens with two attached hydrogens (primary N) is 1. The van der Waals surface area contributed by atoms with E-state index in [1.54, 1.807) is 11.3 Å². The zero-order valence-corrected chi connectivity index (χ0v) is 10.0. The fourth-order valence-electron chi connectivity index (χ4n) is 1.11. The fourth-order valence-corrected chi connectivity index (χ4v) is 2.50. The third-order valence-corrected chi connectivity index (χ3v) is 3.59. The molecule has 0 spiro atoms. The fraction of sp³-hybridized carbons (Fsp3) is 0.375. The molecule has 0 aromatic carbocycles. The Balaban J connectivity index is 2.06. The Bertz CT molecular complexity index is 449. The van der Waals surface area contributed by atoms with Crippen LogP contribution in [0.15, 0.2) is 5.38 Å². The predicted octanol–water partition coefficient (Wildman–Crippen LogP) is 2.06. The predicted molar refractivity (Wildman–Crippen MR) is 63.2 cm³/mol. The molecule has 0 radical (unpaired) electrons. The summed E-state index contributed by atoms with van der Waals surface area (Å²) in [6, 6.07) is 0.135. The minimum Gasteiger partial charge on any atom is -0.367 e. The van der Waals surface area contributed by atoms with E-state index >= 15 is 0 Å². The second-order valence-electron chi connectivity index (χ2n) is 3.15. The van der Waals surface area contributed by atoms with Crippen molar-refractivity contribution in [3.8, 4) is 0 Å². The van der Waals surface area contributed by atoms with Crippen LogP contribution in [0.1, 0.15) is 23.7 Å². The number of nitrogens with one attached hydrogen (secondary N) is 1. The van der Waals surface area contributed by atoms with Gasteiger partial charge in [-0.05, 0) is 13.8 Å². The smallest absolute Gasteiger partial charge is 0.233 e. The maximum absolute atomic E-state index is 5.43. The molecular formula is C8H11N5S2. The van der Waals surface area contributed by atoms with Crippen molar-refractivity contribution in [1.82, 2.24) is 14.3 Å². The Labute approximate surface area is 95.6 Å². The molecule has 0 saturated heterocycles. The van der Waals surface area contributed by atoms with E-state index in [1.807, 2.05) is 19.2 Å². The third-order valence-electron chi connectivity index (χ3n) is 1.79. The molecule has 5 nitrogen and oxygen atoms in total. The number of aromatic nitrogens is 3. The maximum atomic E-state index is 5.43. The summed E-state index contributed by atoms with van der Waals surface area (Å²) in [5.74, 6) is 0.310. The van der Waals surface area contributed by atoms with Crippen molar-refractivity contribution in [3.05, 3.63) is 16.1 Å². The van der Waals surface area contributed by atoms with Gasteiger partial charge in [0.2, 0.25) is 11.1 Å². The van der Waals surface area contributed by atoms with Crippen LogP contribution in [0.4, 0.5) is 11.1 Å². The van der Waals surface area contributed by atoms with E-state index in [2.05, 4.69) is 19.7 Å². The van der Waals surface area contributed by atoms with Gasteiger partial charge in [0, 0.05) is 22.6 Å². The number of hydrogen-bond donors (Lipinski definition) is 2. The van der Waals surface area contributed by atoms with Gasteiger partial charge in [0.25, 0.3) is 0 Å². The lowest BCUT2D eigenvalue weighted by Crippen LogP contribution is -2.06. The van der Waals surface area contributed by atoms with E-state index in [1.165, 1.54) is 11.5 Å². The minimum atomic E-state index is 0.135. The highest BCUT2D eigenvalue weighted by molar-refractivity contribution is 7.10. The molecule has 0 fully saturated rings. The molecular weight excluding hydrogens is 230 g/mol. The monoisotopic (exact) mass is 241 g/mol. The van der Waals surface area contributed by atoms with Gasteiger partial charge in [-0.1, -0.05) is 0 Å². The summed E-state index contributed by atoms with van der Waals surface area (Å²) in [5, 5.41) is 7.01. The van der Waals surface area contributed by atoms with Gasteiger partial charge in [-0.25, -0.2) is 4.98 Å². The van der Waals surface area contributed by atoms with Crippen molar-refractivity contribution in [3.63, 3.8) is 0 Å². The Morgan fingerprint density at radius 3 is 2.80 bits per heavy atom. The van der Waals surface area contributed by atoms with Gasteiger partial charge in [-0.3, -0.25) is 0 Å². The molecule has 0 aliphatic carbocycles. The zero-order valence-electron chi connectivity index (χ0n) is 8.39. The summed E-state index contributed by atoms with van der Waals surface area (Å²) in [6.07, 6.45) is 0. The van der Waals surface area contributed by atoms with Crippen LogP contribution in [0.2, 0.25) is 0 Å². The van der Waals surface area contributed by atoms with Crippen molar-refractivity contribution >= 4 is 33.9 Å². The summed E-state index contributed by atoms with van der Waals surface area (Å²) in [7, 11) is 0. The maximum Gasteiger partial charge on any atom is 0.233 e. The van der Waals surface area contributed by atoms with Gasteiger partial charge < -0.3 is 11.1 Å². The Morgan fingerprint density at radius 1 is 1.47 bits per heavy atom. The number of thiazole rings is 1. The first-order valence-corrected chi connectivity index (χ1v) is 6.08. The van der Waals surface area contributed by atoms with Gasteiger partial charge in [0.15, 0.2) is 0 Å². The van der Waals surface area contributed by atoms with Crippen LogP contribution in [0.25, 0.3) is 0 Å². The Morgan fingerprint density at radius 2 is 2.27 bits per heavy atom. The van der Waals surface area contributed by atoms with Crippen molar-refractivity contribution < 1.29 is 0 Å². The first kappa shape index (κ1) is 10.3. The Kier molecular flexibility index (Phi) is 2.83. The molecule has 0 amide bonds. The molecule has 0 bridgehead atoms. The number of nitrogen functional groups attached to an aromatic ring is 1. The summed E-state index contributed by atoms with van der Waals surface area (Å²) in [5.41, 5.74) is 6.47. The van der Waals surface area contributed by atoms with Crippen molar-refractivity contribution in [2.24, 2.45) is 0 Å². The van der Waals surface area contributed by atoms with E-state index in [4.69, 9.17) is 5.73 Å². The van der Waals surface area contributed by atoms with Crippen molar-refractivity contribution in [1.29, 1.82) is 0 Å². The van der Waals surface area contributed by atoms with Crippen LogP contribution in [0.5, 0.6) is 0 Å². The molecule has 2 heterocycles. The summed E-state index contributed by atoms with van der Waals surface area (Å²) in [6.45, 7) is 4.02. The highest BCUT2D eigenvalue weighted by Gasteiger charge is 2.11. The molecule has 1 atom stereocenters. The standard InChI is InChI=1S/C8H11N5S2/c1-4-3-14-6(10-4)5(2)11-8-12-7(9)13-15-8/h3,5H,1-2H3,(H3,9,11,12,13). The molecule has 2 aromatic heterocycles. The van der Waals surface area contributed by atoms with E-state index in [-0.39, 0.29) is 6.04 Å². The largest absolute Gasteiger partial charge is 0.367 e. The molecule has 1 unspecified atom stereocenters. The number of anilines is 2. The summed E-state index contributed by atoms with van der Waals surface area (Å²) >= 11 is 2.89. The average Bonchev–Trinajstić information content (AvgIpc) is 2.75. The second kappa shape index (κ2) is 4.11. The van der Waals surface area contributed by atoms with Crippen molar-refractivity contribution in [2.75, 3.05) is 11.1 Å². The molecule has 2 rings (SSSR count). The lowest BCUT2D eigenvalue weighted by molar-refractivity contribution is 0.862. The van der Waals surface area contributed by atoms with Crippen LogP contribution in [0, 0.1) is 6.92 Å². The van der Waals surface area contributed by atoms with Crippen LogP contribution in [-0.2, 0) is 0 Å². The van der Waals surface area contributed by atoms with Gasteiger partial charge in [-0.2, -0.15) is 9.36 Å². The SMILES string of the molecule is Cc1csc(C(C)Nc2nc(N)ns2)n1. The van der Waals surface area contributed by atoms with E-state index < -0.39 is 0 Å². The number of aryl methyl sites for hydroxylation is 1. The highest BCUT2D eigenvalue weighted by Crippen LogP contribution is 2.23. The lowest BCUT2D eigenvalue weighted by atomic mass is 10.4. The average molecular weight is 241 g/mol. The quantitative estimate of drug-likeness (QED) is 0.860. The first-order valence-electron chi connectivity index (χ1n) is 4.43. The first-order chi connectivity index (χ1) is 7.15. The van der Waals surface area contributed by atoms with Crippen LogP contribution >= 0.6 is 22.9 Å². The van der Waals surface area contributed by atoms with Crippen LogP contribution in [-0.4, -0.2) is 14.3 Å². The topological polar surface area (TPSA) is 76.7 Å². The van der Waals surface area contributed by atoms with Gasteiger partial charge >= 0.3 is 0 Å². The van der Waals surface area contributed by atoms with Gasteiger partial charge in [0.1, 0.15) is 5.01 Å². The molecule has 3 N–H and O–H groups in total. The van der Waals surface area contributed by atoms with Crippen molar-refractivity contribution in [2.45, 2.75) is 19.9 Å². The molecule has 15 heavy (non-hydrogen) atoms. The summed E-state index contributed by atoms with van der Waals surface area (Å²) < 4.78 is 3.90. The van der Waals surface area contributed by atoms with E-state index in [9.17, 15) is 0 Å². The lowest BCUT2D eigenvalue weighted by Gasteiger charge is -2.08. The normalized spacial score (nSPS) is 12.7. The second-order valence-corrected chi connectivity index (χ2v) is 4.79. The zero-order chi connectivity index (χ0) is 10.8. The summed E-state index contributed by atoms with van der Waals surface area (Å²) in [4.78, 5) is 8.43. The molecule has 0 aliphatic heterocycles.